The van der Waals surface area contributed by atoms with Crippen molar-refractivity contribution in [1.29, 1.82) is 0 Å². The quantitative estimate of drug-likeness (QED) is 0.940. The van der Waals surface area contributed by atoms with E-state index in [9.17, 15) is 0 Å². The van der Waals surface area contributed by atoms with E-state index in [0.29, 0.717) is 0 Å². The van der Waals surface area contributed by atoms with Gasteiger partial charge in [0.2, 0.25) is 0 Å². The highest BCUT2D eigenvalue weighted by Crippen LogP contribution is 2.18. The summed E-state index contributed by atoms with van der Waals surface area (Å²) in [6.07, 6.45) is 5.37. The lowest BCUT2D eigenvalue weighted by Crippen LogP contribution is -2.05. The van der Waals surface area contributed by atoms with Crippen LogP contribution >= 0.6 is 15.9 Å². The van der Waals surface area contributed by atoms with Gasteiger partial charge >= 0.3 is 0 Å². The molecule has 5 heteroatoms. The first-order valence-corrected chi connectivity index (χ1v) is 5.96. The smallest absolute Gasteiger partial charge is 0.153 e. The molecule has 2 N–H and O–H groups in total. The molecule has 0 atom stereocenters. The van der Waals surface area contributed by atoms with Crippen LogP contribution in [-0.4, -0.2) is 14.8 Å². The third-order valence-corrected chi connectivity index (χ3v) is 2.79. The summed E-state index contributed by atoms with van der Waals surface area (Å²) in [5, 5.41) is 4.25. The molecular weight excluding hydrogens is 268 g/mol. The third-order valence-electron chi connectivity index (χ3n) is 2.32. The number of anilines is 1. The van der Waals surface area contributed by atoms with E-state index in [1.54, 1.807) is 17.1 Å². The molecule has 0 spiro atoms. The molecule has 0 aromatic carbocycles. The largest absolute Gasteiger partial charge is 0.396 e. The van der Waals surface area contributed by atoms with Crippen molar-refractivity contribution in [2.45, 2.75) is 19.8 Å². The van der Waals surface area contributed by atoms with E-state index in [1.165, 1.54) is 0 Å². The Hall–Kier alpha value is -1.36. The van der Waals surface area contributed by atoms with Gasteiger partial charge in [-0.25, -0.2) is 9.67 Å². The summed E-state index contributed by atoms with van der Waals surface area (Å²) in [5.41, 5.74) is 7.63. The topological polar surface area (TPSA) is 56.7 Å². The van der Waals surface area contributed by atoms with Gasteiger partial charge in [-0.05, 0) is 34.5 Å². The molecule has 0 aliphatic heterocycles. The molecule has 2 aromatic rings. The van der Waals surface area contributed by atoms with Crippen LogP contribution in [0.3, 0.4) is 0 Å². The maximum absolute atomic E-state index is 5.87. The van der Waals surface area contributed by atoms with Gasteiger partial charge in [0.25, 0.3) is 0 Å². The fraction of sp³-hybridized carbons (Fsp3) is 0.273. The molecule has 0 saturated carbocycles. The van der Waals surface area contributed by atoms with Crippen LogP contribution in [0.2, 0.25) is 0 Å². The van der Waals surface area contributed by atoms with Crippen LogP contribution < -0.4 is 5.73 Å². The Labute approximate surface area is 103 Å². The van der Waals surface area contributed by atoms with Crippen molar-refractivity contribution in [3.63, 3.8) is 0 Å². The lowest BCUT2D eigenvalue weighted by Gasteiger charge is -2.06. The van der Waals surface area contributed by atoms with Crippen LogP contribution in [0.25, 0.3) is 5.82 Å². The Morgan fingerprint density at radius 1 is 1.38 bits per heavy atom. The van der Waals surface area contributed by atoms with Crippen molar-refractivity contribution in [3.05, 3.63) is 34.7 Å². The molecule has 2 aromatic heterocycles. The number of pyridine rings is 1. The highest BCUT2D eigenvalue weighted by molar-refractivity contribution is 9.10. The number of nitrogen functional groups attached to an aromatic ring is 1. The fourth-order valence-corrected chi connectivity index (χ4v) is 1.80. The van der Waals surface area contributed by atoms with Crippen LogP contribution in [-0.2, 0) is 6.42 Å². The van der Waals surface area contributed by atoms with E-state index in [4.69, 9.17) is 5.73 Å². The summed E-state index contributed by atoms with van der Waals surface area (Å²) in [6.45, 7) is 2.12. The molecule has 0 unspecified atom stereocenters. The maximum Gasteiger partial charge on any atom is 0.153 e. The van der Waals surface area contributed by atoms with E-state index in [1.807, 2.05) is 12.1 Å². The molecule has 4 nitrogen and oxygen atoms in total. The fourth-order valence-electron chi connectivity index (χ4n) is 1.56. The number of rotatable bonds is 3. The van der Waals surface area contributed by atoms with E-state index < -0.39 is 0 Å². The SMILES string of the molecule is CCCc1c(N)cnn1-c1ccc(Br)cn1. The van der Waals surface area contributed by atoms with Crippen molar-refractivity contribution in [1.82, 2.24) is 14.8 Å². The van der Waals surface area contributed by atoms with E-state index in [2.05, 4.69) is 32.9 Å². The summed E-state index contributed by atoms with van der Waals surface area (Å²) in [7, 11) is 0. The van der Waals surface area contributed by atoms with E-state index in [0.717, 1.165) is 34.5 Å². The summed E-state index contributed by atoms with van der Waals surface area (Å²) in [5.74, 6) is 0.795. The van der Waals surface area contributed by atoms with Crippen molar-refractivity contribution >= 4 is 21.6 Å². The summed E-state index contributed by atoms with van der Waals surface area (Å²) in [4.78, 5) is 4.30. The predicted octanol–water partition coefficient (Wildman–Crippen LogP) is 2.56. The zero-order valence-corrected chi connectivity index (χ0v) is 10.6. The lowest BCUT2D eigenvalue weighted by atomic mass is 10.2. The Morgan fingerprint density at radius 2 is 2.19 bits per heavy atom. The van der Waals surface area contributed by atoms with Gasteiger partial charge in [0.15, 0.2) is 5.82 Å². The average Bonchev–Trinajstić information content (AvgIpc) is 2.63. The normalized spacial score (nSPS) is 10.6. The molecule has 0 aliphatic carbocycles. The highest BCUT2D eigenvalue weighted by Gasteiger charge is 2.09. The Kier molecular flexibility index (Phi) is 3.24. The second kappa shape index (κ2) is 4.65. The van der Waals surface area contributed by atoms with Crippen LogP contribution in [0.5, 0.6) is 0 Å². The highest BCUT2D eigenvalue weighted by atomic mass is 79.9. The van der Waals surface area contributed by atoms with Gasteiger partial charge in [0, 0.05) is 10.7 Å². The number of nitrogens with two attached hydrogens (primary N) is 1. The summed E-state index contributed by atoms with van der Waals surface area (Å²) < 4.78 is 2.75. The second-order valence-electron chi connectivity index (χ2n) is 3.54. The maximum atomic E-state index is 5.87. The second-order valence-corrected chi connectivity index (χ2v) is 4.46. The minimum absolute atomic E-state index is 0.728. The summed E-state index contributed by atoms with van der Waals surface area (Å²) in [6, 6.07) is 3.85. The van der Waals surface area contributed by atoms with Crippen molar-refractivity contribution in [2.24, 2.45) is 0 Å². The zero-order valence-electron chi connectivity index (χ0n) is 9.02. The third kappa shape index (κ3) is 2.09. The van der Waals surface area contributed by atoms with E-state index in [-0.39, 0.29) is 0 Å². The minimum Gasteiger partial charge on any atom is -0.396 e. The minimum atomic E-state index is 0.728. The molecule has 0 fully saturated rings. The number of hydrogen-bond acceptors (Lipinski definition) is 3. The molecule has 16 heavy (non-hydrogen) atoms. The van der Waals surface area contributed by atoms with Crippen molar-refractivity contribution in [3.8, 4) is 5.82 Å². The molecule has 0 bridgehead atoms. The van der Waals surface area contributed by atoms with Gasteiger partial charge in [0.05, 0.1) is 17.6 Å². The van der Waals surface area contributed by atoms with Gasteiger partial charge in [0.1, 0.15) is 0 Å². The van der Waals surface area contributed by atoms with Gasteiger partial charge < -0.3 is 5.73 Å². The molecule has 0 aliphatic rings. The van der Waals surface area contributed by atoms with Crippen LogP contribution in [0.4, 0.5) is 5.69 Å². The molecule has 2 heterocycles. The zero-order chi connectivity index (χ0) is 11.5. The first-order valence-electron chi connectivity index (χ1n) is 5.16. The molecular formula is C11H13BrN4. The first-order chi connectivity index (χ1) is 7.72. The molecule has 0 saturated heterocycles. The average molecular weight is 281 g/mol. The van der Waals surface area contributed by atoms with E-state index >= 15 is 0 Å². The lowest BCUT2D eigenvalue weighted by molar-refractivity contribution is 0.759. The molecule has 2 rings (SSSR count). The van der Waals surface area contributed by atoms with Gasteiger partial charge in [-0.2, -0.15) is 5.10 Å². The Bertz CT molecular complexity index is 475. The van der Waals surface area contributed by atoms with Crippen LogP contribution in [0.1, 0.15) is 19.0 Å². The Morgan fingerprint density at radius 3 is 2.81 bits per heavy atom. The van der Waals surface area contributed by atoms with Gasteiger partial charge in [-0.15, -0.1) is 0 Å². The Balaban J connectivity index is 2.43. The predicted molar refractivity (Wildman–Crippen MR) is 67.5 cm³/mol. The number of halogens is 1. The number of nitrogens with zero attached hydrogens (tertiary/aromatic N) is 3. The number of aromatic nitrogens is 3. The van der Waals surface area contributed by atoms with Crippen molar-refractivity contribution < 1.29 is 0 Å². The standard InChI is InChI=1S/C11H13BrN4/c1-2-3-10-9(13)7-15-16(10)11-5-4-8(12)6-14-11/h4-7H,2-3,13H2,1H3. The first kappa shape index (κ1) is 11.1. The molecule has 0 amide bonds. The van der Waals surface area contributed by atoms with Gasteiger partial charge in [-0.1, -0.05) is 13.3 Å². The van der Waals surface area contributed by atoms with Crippen molar-refractivity contribution in [2.75, 3.05) is 5.73 Å². The monoisotopic (exact) mass is 280 g/mol. The van der Waals surface area contributed by atoms with Crippen LogP contribution in [0.15, 0.2) is 29.0 Å². The van der Waals surface area contributed by atoms with Crippen LogP contribution in [0, 0.1) is 0 Å². The molecule has 0 radical (unpaired) electrons. The van der Waals surface area contributed by atoms with Gasteiger partial charge in [-0.3, -0.25) is 0 Å². The molecule has 84 valence electrons. The number of hydrogen-bond donors (Lipinski definition) is 1. The summed E-state index contributed by atoms with van der Waals surface area (Å²) >= 11 is 3.36.